The van der Waals surface area contributed by atoms with E-state index in [0.29, 0.717) is 21.5 Å². The van der Waals surface area contributed by atoms with Gasteiger partial charge in [-0.05, 0) is 46.3 Å². The van der Waals surface area contributed by atoms with Crippen LogP contribution in [-0.4, -0.2) is 7.11 Å². The highest BCUT2D eigenvalue weighted by Gasteiger charge is 2.08. The van der Waals surface area contributed by atoms with Gasteiger partial charge in [-0.15, -0.1) is 0 Å². The molecule has 0 bridgehead atoms. The number of ether oxygens (including phenoxy) is 2. The van der Waals surface area contributed by atoms with E-state index >= 15 is 0 Å². The van der Waals surface area contributed by atoms with Gasteiger partial charge in [-0.3, -0.25) is 0 Å². The summed E-state index contributed by atoms with van der Waals surface area (Å²) < 4.78 is 24.6. The Morgan fingerprint density at radius 3 is 2.70 bits per heavy atom. The average molecular weight is 336 g/mol. The topological polar surface area (TPSA) is 42.2 Å². The van der Waals surface area contributed by atoms with Gasteiger partial charge in [0.05, 0.1) is 23.2 Å². The van der Waals surface area contributed by atoms with Crippen LogP contribution in [0.5, 0.6) is 11.5 Å². The minimum absolute atomic E-state index is 0.181. The van der Waals surface area contributed by atoms with Crippen LogP contribution >= 0.6 is 15.9 Å². The maximum absolute atomic E-state index is 13.2. The van der Waals surface area contributed by atoms with Gasteiger partial charge in [-0.2, -0.15) is 5.26 Å². The Bertz CT molecular complexity index is 667. The molecule has 3 nitrogen and oxygen atoms in total. The maximum Gasteiger partial charge on any atom is 0.136 e. The number of nitrogens with zero attached hydrogens (tertiary/aromatic N) is 1. The van der Waals surface area contributed by atoms with Crippen molar-refractivity contribution in [1.82, 2.24) is 0 Å². The molecule has 0 aliphatic rings. The second-order valence-corrected chi connectivity index (χ2v) is 4.86. The van der Waals surface area contributed by atoms with E-state index in [0.717, 1.165) is 5.56 Å². The molecule has 2 rings (SSSR count). The monoisotopic (exact) mass is 335 g/mol. The van der Waals surface area contributed by atoms with Crippen molar-refractivity contribution in [2.45, 2.75) is 6.61 Å². The standard InChI is InChI=1S/C15H11BrFNO2/c1-19-14-5-2-10(8-18)6-11(14)9-20-15-7-12(17)3-4-13(15)16/h2-7H,9H2,1H3. The van der Waals surface area contributed by atoms with E-state index in [4.69, 9.17) is 14.7 Å². The summed E-state index contributed by atoms with van der Waals surface area (Å²) in [4.78, 5) is 0. The zero-order chi connectivity index (χ0) is 14.5. The van der Waals surface area contributed by atoms with Gasteiger partial charge in [-0.25, -0.2) is 4.39 Å². The Hall–Kier alpha value is -2.06. The average Bonchev–Trinajstić information content (AvgIpc) is 2.47. The van der Waals surface area contributed by atoms with Gasteiger partial charge >= 0.3 is 0 Å². The quantitative estimate of drug-likeness (QED) is 0.846. The summed E-state index contributed by atoms with van der Waals surface area (Å²) >= 11 is 3.29. The lowest BCUT2D eigenvalue weighted by Gasteiger charge is -2.11. The Morgan fingerprint density at radius 1 is 1.20 bits per heavy atom. The fourth-order valence-electron chi connectivity index (χ4n) is 1.70. The molecule has 2 aromatic carbocycles. The Kier molecular flexibility index (Phi) is 4.59. The molecule has 0 unspecified atom stereocenters. The van der Waals surface area contributed by atoms with E-state index in [9.17, 15) is 4.39 Å². The maximum atomic E-state index is 13.2. The number of benzene rings is 2. The molecule has 102 valence electrons. The molecule has 0 heterocycles. The molecule has 0 aromatic heterocycles. The van der Waals surface area contributed by atoms with Crippen molar-refractivity contribution in [3.05, 3.63) is 57.8 Å². The lowest BCUT2D eigenvalue weighted by molar-refractivity contribution is 0.293. The number of hydrogen-bond acceptors (Lipinski definition) is 3. The first-order valence-electron chi connectivity index (χ1n) is 5.79. The predicted molar refractivity (Wildman–Crippen MR) is 76.1 cm³/mol. The lowest BCUT2D eigenvalue weighted by atomic mass is 10.1. The Labute approximate surface area is 124 Å². The predicted octanol–water partition coefficient (Wildman–Crippen LogP) is 4.05. The molecule has 0 aliphatic carbocycles. The van der Waals surface area contributed by atoms with Crippen molar-refractivity contribution >= 4 is 15.9 Å². The number of methoxy groups -OCH3 is 1. The van der Waals surface area contributed by atoms with Crippen LogP contribution in [0, 0.1) is 17.1 Å². The van der Waals surface area contributed by atoms with Gasteiger partial charge in [0.1, 0.15) is 23.9 Å². The summed E-state index contributed by atoms with van der Waals surface area (Å²) in [6, 6.07) is 11.3. The zero-order valence-corrected chi connectivity index (χ0v) is 12.3. The lowest BCUT2D eigenvalue weighted by Crippen LogP contribution is -2.00. The summed E-state index contributed by atoms with van der Waals surface area (Å²) in [7, 11) is 1.54. The van der Waals surface area contributed by atoms with E-state index in [1.54, 1.807) is 31.4 Å². The van der Waals surface area contributed by atoms with Crippen LogP contribution in [0.25, 0.3) is 0 Å². The summed E-state index contributed by atoms with van der Waals surface area (Å²) in [6.45, 7) is 0.181. The van der Waals surface area contributed by atoms with Gasteiger partial charge in [0.15, 0.2) is 0 Å². The minimum atomic E-state index is -0.374. The van der Waals surface area contributed by atoms with Crippen molar-refractivity contribution in [2.75, 3.05) is 7.11 Å². The van der Waals surface area contributed by atoms with E-state index in [-0.39, 0.29) is 12.4 Å². The van der Waals surface area contributed by atoms with Gasteiger partial charge < -0.3 is 9.47 Å². The van der Waals surface area contributed by atoms with Crippen LogP contribution in [0.4, 0.5) is 4.39 Å². The molecule has 2 aromatic rings. The van der Waals surface area contributed by atoms with Gasteiger partial charge in [0.25, 0.3) is 0 Å². The third kappa shape index (κ3) is 3.28. The SMILES string of the molecule is COc1ccc(C#N)cc1COc1cc(F)ccc1Br. The normalized spacial score (nSPS) is 9.90. The third-order valence-corrected chi connectivity index (χ3v) is 3.34. The molecule has 0 saturated heterocycles. The molecule has 0 aliphatic heterocycles. The summed E-state index contributed by atoms with van der Waals surface area (Å²) in [5, 5.41) is 8.90. The molecule has 0 atom stereocenters. The van der Waals surface area contributed by atoms with Crippen LogP contribution in [-0.2, 0) is 6.61 Å². The largest absolute Gasteiger partial charge is 0.496 e. The van der Waals surface area contributed by atoms with E-state index in [1.165, 1.54) is 12.1 Å². The molecule has 0 amide bonds. The summed E-state index contributed by atoms with van der Waals surface area (Å²) in [5.41, 5.74) is 1.24. The Balaban J connectivity index is 2.22. The highest BCUT2D eigenvalue weighted by atomic mass is 79.9. The first-order valence-corrected chi connectivity index (χ1v) is 6.58. The van der Waals surface area contributed by atoms with E-state index in [1.807, 2.05) is 0 Å². The van der Waals surface area contributed by atoms with Crippen LogP contribution < -0.4 is 9.47 Å². The molecule has 0 spiro atoms. The zero-order valence-electron chi connectivity index (χ0n) is 10.7. The highest BCUT2D eigenvalue weighted by molar-refractivity contribution is 9.10. The third-order valence-electron chi connectivity index (χ3n) is 2.69. The summed E-state index contributed by atoms with van der Waals surface area (Å²) in [6.07, 6.45) is 0. The second-order valence-electron chi connectivity index (χ2n) is 4.00. The second kappa shape index (κ2) is 6.40. The van der Waals surface area contributed by atoms with Crippen LogP contribution in [0.1, 0.15) is 11.1 Å². The molecule has 0 fully saturated rings. The van der Waals surface area contributed by atoms with Crippen molar-refractivity contribution < 1.29 is 13.9 Å². The number of halogens is 2. The van der Waals surface area contributed by atoms with E-state index in [2.05, 4.69) is 22.0 Å². The molecule has 0 N–H and O–H groups in total. The molecule has 20 heavy (non-hydrogen) atoms. The van der Waals surface area contributed by atoms with Crippen LogP contribution in [0.3, 0.4) is 0 Å². The fraction of sp³-hybridized carbons (Fsp3) is 0.133. The van der Waals surface area contributed by atoms with Gasteiger partial charge in [-0.1, -0.05) is 0 Å². The van der Waals surface area contributed by atoms with E-state index < -0.39 is 0 Å². The smallest absolute Gasteiger partial charge is 0.136 e. The van der Waals surface area contributed by atoms with Crippen molar-refractivity contribution in [1.29, 1.82) is 5.26 Å². The number of hydrogen-bond donors (Lipinski definition) is 0. The van der Waals surface area contributed by atoms with Gasteiger partial charge in [0.2, 0.25) is 0 Å². The fourth-order valence-corrected chi connectivity index (χ4v) is 2.07. The van der Waals surface area contributed by atoms with Gasteiger partial charge in [0, 0.05) is 11.6 Å². The molecule has 5 heteroatoms. The molecule has 0 radical (unpaired) electrons. The Morgan fingerprint density at radius 2 is 2.00 bits per heavy atom. The number of rotatable bonds is 4. The summed E-state index contributed by atoms with van der Waals surface area (Å²) in [5.74, 6) is 0.645. The number of nitriles is 1. The highest BCUT2D eigenvalue weighted by Crippen LogP contribution is 2.28. The molecular formula is C15H11BrFNO2. The van der Waals surface area contributed by atoms with Crippen molar-refractivity contribution in [2.24, 2.45) is 0 Å². The minimum Gasteiger partial charge on any atom is -0.496 e. The van der Waals surface area contributed by atoms with Crippen molar-refractivity contribution in [3.63, 3.8) is 0 Å². The molecular weight excluding hydrogens is 325 g/mol. The molecule has 0 saturated carbocycles. The van der Waals surface area contributed by atoms with Crippen molar-refractivity contribution in [3.8, 4) is 17.6 Å². The van der Waals surface area contributed by atoms with Crippen LogP contribution in [0.2, 0.25) is 0 Å². The first-order chi connectivity index (χ1) is 9.63. The van der Waals surface area contributed by atoms with Crippen LogP contribution in [0.15, 0.2) is 40.9 Å². The first kappa shape index (κ1) is 14.4.